The molecule has 1 amide bonds. The van der Waals surface area contributed by atoms with E-state index >= 15 is 0 Å². The number of amides is 1. The molecular weight excluding hydrogens is 552 g/mol. The largest absolute Gasteiger partial charge is 0.494 e. The molecule has 2 saturated carbocycles. The Bertz CT molecular complexity index is 1950. The molecule has 3 fully saturated rings. The number of fused-ring (bicyclic) bond motifs is 4. The summed E-state index contributed by atoms with van der Waals surface area (Å²) >= 11 is 0. The van der Waals surface area contributed by atoms with Gasteiger partial charge in [-0.2, -0.15) is 0 Å². The number of rotatable bonds is 7. The van der Waals surface area contributed by atoms with Gasteiger partial charge >= 0.3 is 0 Å². The molecule has 8 rings (SSSR count). The lowest BCUT2D eigenvalue weighted by Crippen LogP contribution is -2.41. The summed E-state index contributed by atoms with van der Waals surface area (Å²) in [5.41, 5.74) is 13.6. The van der Waals surface area contributed by atoms with Gasteiger partial charge in [0.1, 0.15) is 22.7 Å². The minimum atomic E-state index is 0.00626. The smallest absolute Gasteiger partial charge is 0.254 e. The number of hydrogen-bond donors (Lipinski definition) is 2. The summed E-state index contributed by atoms with van der Waals surface area (Å²) in [5.74, 6) is 3.28. The topological polar surface area (TPSA) is 116 Å². The number of anilines is 2. The fourth-order valence-electron chi connectivity index (χ4n) is 7.29. The average molecular weight is 591 g/mol. The number of imidazole rings is 1. The highest BCUT2D eigenvalue weighted by Gasteiger charge is 2.47. The maximum Gasteiger partial charge on any atom is 0.254 e. The van der Waals surface area contributed by atoms with Crippen LogP contribution in [0.4, 0.5) is 11.5 Å². The number of piperidine rings is 1. The lowest BCUT2D eigenvalue weighted by Gasteiger charge is -2.27. The van der Waals surface area contributed by atoms with Crippen LogP contribution < -0.4 is 15.8 Å². The van der Waals surface area contributed by atoms with Crippen molar-refractivity contribution in [2.75, 3.05) is 19.0 Å². The Labute approximate surface area is 256 Å². The number of likely N-dealkylation sites (tertiary alicyclic amines) is 1. The number of benzene rings is 1. The Morgan fingerprint density at radius 1 is 1.09 bits per heavy atom. The first-order valence-corrected chi connectivity index (χ1v) is 15.6. The Kier molecular flexibility index (Phi) is 6.20. The van der Waals surface area contributed by atoms with Gasteiger partial charge in [-0.15, -0.1) is 0 Å². The number of aromatic nitrogens is 5. The van der Waals surface area contributed by atoms with Crippen molar-refractivity contribution >= 4 is 39.5 Å². The number of nitrogens with two attached hydrogens (primary N) is 1. The summed E-state index contributed by atoms with van der Waals surface area (Å²) in [4.78, 5) is 30.3. The van der Waals surface area contributed by atoms with Gasteiger partial charge in [-0.25, -0.2) is 9.97 Å². The summed E-state index contributed by atoms with van der Waals surface area (Å²) in [6.45, 7) is 5.64. The minimum absolute atomic E-state index is 0.00626. The van der Waals surface area contributed by atoms with Crippen LogP contribution in [0.5, 0.6) is 5.75 Å². The Morgan fingerprint density at radius 3 is 2.66 bits per heavy atom. The van der Waals surface area contributed by atoms with Crippen molar-refractivity contribution in [3.63, 3.8) is 0 Å². The van der Waals surface area contributed by atoms with Crippen molar-refractivity contribution in [3.8, 4) is 17.3 Å². The van der Waals surface area contributed by atoms with E-state index in [1.54, 1.807) is 7.11 Å². The fraction of sp³-hybridized carbons (Fsp3) is 0.412. The molecule has 44 heavy (non-hydrogen) atoms. The third-order valence-electron chi connectivity index (χ3n) is 9.93. The van der Waals surface area contributed by atoms with E-state index in [1.165, 1.54) is 12.8 Å². The molecule has 5 heterocycles. The molecule has 2 bridgehead atoms. The van der Waals surface area contributed by atoms with Crippen molar-refractivity contribution in [3.05, 3.63) is 59.4 Å². The second kappa shape index (κ2) is 10.1. The van der Waals surface area contributed by atoms with Crippen LogP contribution in [0.25, 0.3) is 33.6 Å². The number of pyridine rings is 2. The number of carbonyl (C=O) groups excluding carboxylic acids is 1. The van der Waals surface area contributed by atoms with Gasteiger partial charge in [0.05, 0.1) is 18.3 Å². The third-order valence-corrected chi connectivity index (χ3v) is 9.93. The van der Waals surface area contributed by atoms with Gasteiger partial charge in [-0.1, -0.05) is 0 Å². The van der Waals surface area contributed by atoms with Crippen molar-refractivity contribution in [2.24, 2.45) is 24.6 Å². The van der Waals surface area contributed by atoms with Gasteiger partial charge in [-0.3, -0.25) is 9.78 Å². The number of nitrogens with zero attached hydrogens (tertiary/aromatic N) is 6. The maximum atomic E-state index is 13.7. The minimum Gasteiger partial charge on any atom is -0.494 e. The summed E-state index contributed by atoms with van der Waals surface area (Å²) in [5, 5.41) is 4.56. The molecule has 1 saturated heterocycles. The molecule has 10 heteroatoms. The lowest BCUT2D eigenvalue weighted by atomic mass is 10.1. The van der Waals surface area contributed by atoms with E-state index in [0.717, 1.165) is 82.3 Å². The van der Waals surface area contributed by atoms with Gasteiger partial charge in [-0.05, 0) is 93.3 Å². The zero-order valence-electron chi connectivity index (χ0n) is 25.7. The van der Waals surface area contributed by atoms with Crippen LogP contribution >= 0.6 is 0 Å². The maximum absolute atomic E-state index is 13.7. The van der Waals surface area contributed by atoms with Gasteiger partial charge in [0.25, 0.3) is 5.91 Å². The van der Waals surface area contributed by atoms with E-state index in [-0.39, 0.29) is 18.0 Å². The van der Waals surface area contributed by atoms with Crippen molar-refractivity contribution in [2.45, 2.75) is 58.2 Å². The Balaban J connectivity index is 1.21. The molecule has 0 unspecified atom stereocenters. The third kappa shape index (κ3) is 4.34. The van der Waals surface area contributed by atoms with E-state index in [2.05, 4.69) is 31.6 Å². The second-order valence-corrected chi connectivity index (χ2v) is 12.9. The monoisotopic (exact) mass is 590 g/mol. The van der Waals surface area contributed by atoms with Gasteiger partial charge in [0.2, 0.25) is 0 Å². The van der Waals surface area contributed by atoms with E-state index in [0.29, 0.717) is 23.1 Å². The number of hydrogen-bond acceptors (Lipinski definition) is 7. The number of ether oxygens (including phenoxy) is 1. The fourth-order valence-corrected chi connectivity index (χ4v) is 7.29. The second-order valence-electron chi connectivity index (χ2n) is 12.9. The SMILES string of the molecule is COc1cc(C(=O)N2C[C@H]3CC[C@@H]2[C@@H]3N)cc2nc(-c3cc4ccc(Nc5cc(C)ncc5C)nc4n3CC3CC3)n(C)c12. The summed E-state index contributed by atoms with van der Waals surface area (Å²) in [6.07, 6.45) is 6.40. The first-order chi connectivity index (χ1) is 21.3. The molecule has 1 aliphatic heterocycles. The molecule has 0 spiro atoms. The molecule has 5 aromatic rings. The molecule has 226 valence electrons. The van der Waals surface area contributed by atoms with Crippen LogP contribution in [-0.4, -0.2) is 60.6 Å². The Morgan fingerprint density at radius 2 is 1.93 bits per heavy atom. The van der Waals surface area contributed by atoms with Crippen molar-refractivity contribution in [1.29, 1.82) is 0 Å². The van der Waals surface area contributed by atoms with Crippen LogP contribution in [0.15, 0.2) is 42.6 Å². The highest BCUT2D eigenvalue weighted by atomic mass is 16.5. The van der Waals surface area contributed by atoms with Crippen molar-refractivity contribution in [1.82, 2.24) is 29.0 Å². The molecule has 3 aliphatic rings. The first kappa shape index (κ1) is 27.1. The van der Waals surface area contributed by atoms with Crippen LogP contribution in [0.1, 0.15) is 47.3 Å². The molecule has 2 aliphatic carbocycles. The molecule has 10 nitrogen and oxygen atoms in total. The number of nitrogens with one attached hydrogen (secondary N) is 1. The van der Waals surface area contributed by atoms with Crippen LogP contribution in [0.2, 0.25) is 0 Å². The average Bonchev–Trinajstić information content (AvgIpc) is 3.43. The Hall–Kier alpha value is -4.44. The standard InChI is InChI=1S/C34H38N8O2/c1-18-15-36-19(2)11-24(18)37-29-10-8-21-13-27(41(32(21)39-29)16-20-5-6-20)33-38-25-12-23(14-28(44-4)31(25)40(33)3)34(43)42-17-22-7-9-26(42)30(22)35/h8,10-15,20,22,26,30H,5-7,9,16-17,35H2,1-4H3,(H,36,37,39)/t22-,26-,30-/m1/s1. The van der Waals surface area contributed by atoms with Gasteiger partial charge < -0.3 is 29.8 Å². The number of aryl methyl sites for hydroxylation is 3. The van der Waals surface area contributed by atoms with E-state index in [1.807, 2.05) is 56.3 Å². The lowest BCUT2D eigenvalue weighted by molar-refractivity contribution is 0.0700. The molecular formula is C34H38N8O2. The molecule has 0 radical (unpaired) electrons. The highest BCUT2D eigenvalue weighted by Crippen LogP contribution is 2.40. The quantitative estimate of drug-likeness (QED) is 0.263. The predicted molar refractivity (Wildman–Crippen MR) is 171 cm³/mol. The van der Waals surface area contributed by atoms with E-state index in [4.69, 9.17) is 20.4 Å². The number of carbonyl (C=O) groups is 1. The number of methoxy groups -OCH3 is 1. The summed E-state index contributed by atoms with van der Waals surface area (Å²) in [7, 11) is 3.67. The normalized spacial score (nSPS) is 21.1. The van der Waals surface area contributed by atoms with Crippen LogP contribution in [-0.2, 0) is 13.6 Å². The van der Waals surface area contributed by atoms with E-state index < -0.39 is 0 Å². The van der Waals surface area contributed by atoms with Crippen LogP contribution in [0.3, 0.4) is 0 Å². The van der Waals surface area contributed by atoms with Crippen molar-refractivity contribution < 1.29 is 9.53 Å². The highest BCUT2D eigenvalue weighted by molar-refractivity contribution is 6.00. The molecule has 1 aromatic carbocycles. The van der Waals surface area contributed by atoms with E-state index in [9.17, 15) is 4.79 Å². The van der Waals surface area contributed by atoms with Crippen LogP contribution in [0, 0.1) is 25.7 Å². The zero-order chi connectivity index (χ0) is 30.3. The van der Waals surface area contributed by atoms with Gasteiger partial charge in [0.15, 0.2) is 5.82 Å². The molecule has 3 N–H and O–H groups in total. The predicted octanol–water partition coefficient (Wildman–Crippen LogP) is 5.33. The van der Waals surface area contributed by atoms with Gasteiger partial charge in [0, 0.05) is 60.7 Å². The summed E-state index contributed by atoms with van der Waals surface area (Å²) < 4.78 is 10.2. The summed E-state index contributed by atoms with van der Waals surface area (Å²) in [6, 6.07) is 12.3. The molecule has 3 atom stereocenters. The zero-order valence-corrected chi connectivity index (χ0v) is 25.7. The molecule has 4 aromatic heterocycles. The first-order valence-electron chi connectivity index (χ1n) is 15.6.